The first kappa shape index (κ1) is 10.5. The molecule has 13 heavy (non-hydrogen) atoms. The molecular weight excluding hydrogens is 168 g/mol. The third-order valence-electron chi connectivity index (χ3n) is 2.47. The van der Waals surface area contributed by atoms with Gasteiger partial charge in [0.15, 0.2) is 0 Å². The van der Waals surface area contributed by atoms with Crippen LogP contribution in [-0.4, -0.2) is 43.2 Å². The summed E-state index contributed by atoms with van der Waals surface area (Å²) in [5.41, 5.74) is 5.10. The molecule has 76 valence electrons. The summed E-state index contributed by atoms with van der Waals surface area (Å²) in [6.07, 6.45) is 1.52. The van der Waals surface area contributed by atoms with E-state index in [1.54, 1.807) is 0 Å². The van der Waals surface area contributed by atoms with Crippen molar-refractivity contribution >= 4 is 5.91 Å². The van der Waals surface area contributed by atoms with Crippen molar-refractivity contribution < 1.29 is 9.53 Å². The summed E-state index contributed by atoms with van der Waals surface area (Å²) in [5, 5.41) is 0. The molecule has 0 aliphatic carbocycles. The van der Waals surface area contributed by atoms with E-state index < -0.39 is 0 Å². The molecule has 1 heterocycles. The van der Waals surface area contributed by atoms with Gasteiger partial charge in [0.2, 0.25) is 5.91 Å². The SMILES string of the molecule is CCC1COCCN1CCC(N)=O. The lowest BCUT2D eigenvalue weighted by Gasteiger charge is -2.34. The molecule has 4 heteroatoms. The number of nitrogens with two attached hydrogens (primary N) is 1. The van der Waals surface area contributed by atoms with Gasteiger partial charge in [0.1, 0.15) is 0 Å². The third-order valence-corrected chi connectivity index (χ3v) is 2.47. The van der Waals surface area contributed by atoms with Gasteiger partial charge in [0.05, 0.1) is 13.2 Å². The van der Waals surface area contributed by atoms with E-state index >= 15 is 0 Å². The van der Waals surface area contributed by atoms with E-state index in [0.29, 0.717) is 12.5 Å². The van der Waals surface area contributed by atoms with Crippen molar-refractivity contribution in [2.45, 2.75) is 25.8 Å². The first-order chi connectivity index (χ1) is 6.24. The Hall–Kier alpha value is -0.610. The molecular formula is C9H18N2O2. The van der Waals surface area contributed by atoms with Crippen LogP contribution in [0.1, 0.15) is 19.8 Å². The summed E-state index contributed by atoms with van der Waals surface area (Å²) in [4.78, 5) is 12.9. The zero-order valence-corrected chi connectivity index (χ0v) is 8.16. The highest BCUT2D eigenvalue weighted by atomic mass is 16.5. The molecule has 1 saturated heterocycles. The summed E-state index contributed by atoms with van der Waals surface area (Å²) in [5.74, 6) is -0.221. The van der Waals surface area contributed by atoms with Crippen LogP contribution in [-0.2, 0) is 9.53 Å². The maximum Gasteiger partial charge on any atom is 0.218 e. The van der Waals surface area contributed by atoms with Crippen LogP contribution in [0.5, 0.6) is 0 Å². The van der Waals surface area contributed by atoms with Crippen LogP contribution in [0.25, 0.3) is 0 Å². The van der Waals surface area contributed by atoms with Crippen LogP contribution in [0, 0.1) is 0 Å². The number of amides is 1. The van der Waals surface area contributed by atoms with Crippen LogP contribution in [0.3, 0.4) is 0 Å². The van der Waals surface area contributed by atoms with Gasteiger partial charge in [-0.05, 0) is 6.42 Å². The van der Waals surface area contributed by atoms with Crippen molar-refractivity contribution in [3.05, 3.63) is 0 Å². The molecule has 4 nitrogen and oxygen atoms in total. The number of rotatable bonds is 4. The number of morpholine rings is 1. The molecule has 1 amide bonds. The van der Waals surface area contributed by atoms with Crippen molar-refractivity contribution in [1.82, 2.24) is 4.90 Å². The number of ether oxygens (including phenoxy) is 1. The van der Waals surface area contributed by atoms with Crippen LogP contribution in [0.4, 0.5) is 0 Å². The molecule has 1 rings (SSSR count). The predicted molar refractivity (Wildman–Crippen MR) is 50.3 cm³/mol. The van der Waals surface area contributed by atoms with Crippen molar-refractivity contribution in [2.75, 3.05) is 26.3 Å². The topological polar surface area (TPSA) is 55.6 Å². The second-order valence-corrected chi connectivity index (χ2v) is 3.39. The summed E-state index contributed by atoms with van der Waals surface area (Å²) in [6.45, 7) is 5.39. The normalized spacial score (nSPS) is 24.5. The molecule has 0 bridgehead atoms. The van der Waals surface area contributed by atoms with Gasteiger partial charge in [0, 0.05) is 25.6 Å². The van der Waals surface area contributed by atoms with Crippen molar-refractivity contribution in [3.8, 4) is 0 Å². The molecule has 0 aromatic rings. The second-order valence-electron chi connectivity index (χ2n) is 3.39. The Labute approximate surface area is 79.0 Å². The van der Waals surface area contributed by atoms with Gasteiger partial charge in [0.25, 0.3) is 0 Å². The van der Waals surface area contributed by atoms with Crippen molar-refractivity contribution in [1.29, 1.82) is 0 Å². The van der Waals surface area contributed by atoms with Gasteiger partial charge < -0.3 is 10.5 Å². The lowest BCUT2D eigenvalue weighted by atomic mass is 10.1. The first-order valence-electron chi connectivity index (χ1n) is 4.84. The monoisotopic (exact) mass is 186 g/mol. The molecule has 0 aromatic carbocycles. The van der Waals surface area contributed by atoms with E-state index in [2.05, 4.69) is 11.8 Å². The van der Waals surface area contributed by atoms with Gasteiger partial charge in [-0.25, -0.2) is 0 Å². The molecule has 2 N–H and O–H groups in total. The van der Waals surface area contributed by atoms with Crippen molar-refractivity contribution in [2.24, 2.45) is 5.73 Å². The number of hydrogen-bond donors (Lipinski definition) is 1. The summed E-state index contributed by atoms with van der Waals surface area (Å²) in [6, 6.07) is 0.466. The predicted octanol–water partition coefficient (Wildman–Crippen LogP) is -0.0274. The van der Waals surface area contributed by atoms with E-state index in [1.165, 1.54) is 0 Å². The molecule has 1 unspecified atom stereocenters. The number of carbonyl (C=O) groups is 1. The quantitative estimate of drug-likeness (QED) is 0.671. The molecule has 0 aromatic heterocycles. The molecule has 1 atom stereocenters. The highest BCUT2D eigenvalue weighted by Crippen LogP contribution is 2.10. The van der Waals surface area contributed by atoms with Crippen LogP contribution < -0.4 is 5.73 Å². The fourth-order valence-electron chi connectivity index (χ4n) is 1.61. The number of primary amides is 1. The van der Waals surface area contributed by atoms with E-state index in [4.69, 9.17) is 10.5 Å². The van der Waals surface area contributed by atoms with Crippen LogP contribution >= 0.6 is 0 Å². The lowest BCUT2D eigenvalue weighted by Crippen LogP contribution is -2.46. The fraction of sp³-hybridized carbons (Fsp3) is 0.889. The minimum atomic E-state index is -0.221. The molecule has 0 radical (unpaired) electrons. The maximum atomic E-state index is 10.6. The van der Waals surface area contributed by atoms with Gasteiger partial charge in [-0.2, -0.15) is 0 Å². The Kier molecular flexibility index (Phi) is 4.18. The van der Waals surface area contributed by atoms with Crippen LogP contribution in [0.2, 0.25) is 0 Å². The first-order valence-corrected chi connectivity index (χ1v) is 4.84. The Morgan fingerprint density at radius 2 is 2.46 bits per heavy atom. The Bertz CT molecular complexity index is 173. The molecule has 1 aliphatic rings. The number of nitrogens with zero attached hydrogens (tertiary/aromatic N) is 1. The maximum absolute atomic E-state index is 10.6. The fourth-order valence-corrected chi connectivity index (χ4v) is 1.61. The summed E-state index contributed by atoms with van der Waals surface area (Å²) in [7, 11) is 0. The molecule has 1 fully saturated rings. The lowest BCUT2D eigenvalue weighted by molar-refractivity contribution is -0.118. The standard InChI is InChI=1S/C9H18N2O2/c1-2-8-7-13-6-5-11(8)4-3-9(10)12/h8H,2-7H2,1H3,(H2,10,12). The highest BCUT2D eigenvalue weighted by molar-refractivity contribution is 5.73. The smallest absolute Gasteiger partial charge is 0.218 e. The molecule has 0 spiro atoms. The van der Waals surface area contributed by atoms with Crippen LogP contribution in [0.15, 0.2) is 0 Å². The Morgan fingerprint density at radius 1 is 1.69 bits per heavy atom. The van der Waals surface area contributed by atoms with Gasteiger partial charge in [-0.15, -0.1) is 0 Å². The Morgan fingerprint density at radius 3 is 3.08 bits per heavy atom. The minimum Gasteiger partial charge on any atom is -0.378 e. The zero-order chi connectivity index (χ0) is 9.68. The number of carbonyl (C=O) groups excluding carboxylic acids is 1. The largest absolute Gasteiger partial charge is 0.378 e. The van der Waals surface area contributed by atoms with Gasteiger partial charge in [-0.3, -0.25) is 9.69 Å². The summed E-state index contributed by atoms with van der Waals surface area (Å²) < 4.78 is 5.35. The molecule has 0 saturated carbocycles. The van der Waals surface area contributed by atoms with E-state index in [1.807, 2.05) is 0 Å². The minimum absolute atomic E-state index is 0.221. The van der Waals surface area contributed by atoms with E-state index in [9.17, 15) is 4.79 Å². The van der Waals surface area contributed by atoms with Gasteiger partial charge in [-0.1, -0.05) is 6.92 Å². The van der Waals surface area contributed by atoms with Gasteiger partial charge >= 0.3 is 0 Å². The summed E-state index contributed by atoms with van der Waals surface area (Å²) >= 11 is 0. The number of hydrogen-bond acceptors (Lipinski definition) is 3. The molecule has 1 aliphatic heterocycles. The Balaban J connectivity index is 2.31. The zero-order valence-electron chi connectivity index (χ0n) is 8.16. The van der Waals surface area contributed by atoms with E-state index in [-0.39, 0.29) is 5.91 Å². The average molecular weight is 186 g/mol. The average Bonchev–Trinajstić information content (AvgIpc) is 2.15. The van der Waals surface area contributed by atoms with E-state index in [0.717, 1.165) is 32.7 Å². The van der Waals surface area contributed by atoms with Crippen molar-refractivity contribution in [3.63, 3.8) is 0 Å². The third kappa shape index (κ3) is 3.32. The second kappa shape index (κ2) is 5.19. The highest BCUT2D eigenvalue weighted by Gasteiger charge is 2.20.